The largest absolute Gasteiger partial charge is 0.493 e. The van der Waals surface area contributed by atoms with E-state index in [1.54, 1.807) is 32.0 Å². The first-order valence-electron chi connectivity index (χ1n) is 9.50. The van der Waals surface area contributed by atoms with Gasteiger partial charge in [0, 0.05) is 19.1 Å². The normalized spacial score (nSPS) is 17.1. The lowest BCUT2D eigenvalue weighted by molar-refractivity contribution is -0.145. The number of nitrogens with zero attached hydrogens (tertiary/aromatic N) is 1. The summed E-state index contributed by atoms with van der Waals surface area (Å²) >= 11 is 0. The van der Waals surface area contributed by atoms with Crippen molar-refractivity contribution in [3.8, 4) is 11.5 Å². The van der Waals surface area contributed by atoms with Crippen molar-refractivity contribution < 1.29 is 27.4 Å². The van der Waals surface area contributed by atoms with Gasteiger partial charge in [0.25, 0.3) is 10.2 Å². The summed E-state index contributed by atoms with van der Waals surface area (Å²) in [5.74, 6) is 0.889. The second kappa shape index (κ2) is 10.1. The molecular weight excluding hydrogens is 384 g/mol. The van der Waals surface area contributed by atoms with Crippen LogP contribution in [0.4, 0.5) is 0 Å². The van der Waals surface area contributed by atoms with E-state index in [0.717, 1.165) is 18.4 Å². The van der Waals surface area contributed by atoms with Crippen molar-refractivity contribution in [3.05, 3.63) is 23.8 Å². The minimum Gasteiger partial charge on any atom is -0.493 e. The van der Waals surface area contributed by atoms with E-state index in [-0.39, 0.29) is 13.2 Å². The summed E-state index contributed by atoms with van der Waals surface area (Å²) in [6, 6.07) is 4.65. The molecule has 0 aromatic heterocycles. The predicted octanol–water partition coefficient (Wildman–Crippen LogP) is 2.26. The van der Waals surface area contributed by atoms with Gasteiger partial charge in [-0.15, -0.1) is 0 Å². The van der Waals surface area contributed by atoms with Gasteiger partial charge >= 0.3 is 5.97 Å². The third-order valence-corrected chi connectivity index (χ3v) is 6.44. The number of nitrogens with one attached hydrogen (secondary N) is 1. The SMILES string of the molecule is CCOC(=O)COc1ccc(C(C)NS(=O)(=O)N2CCC(C)CC2)cc1OC. The average Bonchev–Trinajstić information content (AvgIpc) is 2.66. The highest BCUT2D eigenvalue weighted by Crippen LogP contribution is 2.31. The standard InChI is InChI=1S/C19H30N2O6S/c1-5-26-19(22)13-27-17-7-6-16(12-18(17)25-4)15(3)20-28(23,24)21-10-8-14(2)9-11-21/h6-7,12,14-15,20H,5,8-11,13H2,1-4H3. The number of benzene rings is 1. The molecule has 0 aliphatic carbocycles. The van der Waals surface area contributed by atoms with E-state index in [4.69, 9.17) is 14.2 Å². The predicted molar refractivity (Wildman–Crippen MR) is 106 cm³/mol. The molecule has 0 spiro atoms. The van der Waals surface area contributed by atoms with Gasteiger partial charge in [-0.25, -0.2) is 4.79 Å². The molecule has 9 heteroatoms. The van der Waals surface area contributed by atoms with Crippen LogP contribution in [0.1, 0.15) is 45.2 Å². The highest BCUT2D eigenvalue weighted by Gasteiger charge is 2.28. The van der Waals surface area contributed by atoms with E-state index >= 15 is 0 Å². The summed E-state index contributed by atoms with van der Waals surface area (Å²) in [5, 5.41) is 0. The van der Waals surface area contributed by atoms with Gasteiger partial charge in [0.1, 0.15) is 0 Å². The molecule has 1 aliphatic heterocycles. The van der Waals surface area contributed by atoms with Crippen LogP contribution in [-0.2, 0) is 19.7 Å². The number of methoxy groups -OCH3 is 1. The second-order valence-corrected chi connectivity index (χ2v) is 8.63. The Balaban J connectivity index is 2.04. The number of esters is 1. The summed E-state index contributed by atoms with van der Waals surface area (Å²) in [5.41, 5.74) is 0.731. The van der Waals surface area contributed by atoms with E-state index in [0.29, 0.717) is 30.5 Å². The fraction of sp³-hybridized carbons (Fsp3) is 0.632. The molecule has 1 unspecified atom stereocenters. The average molecular weight is 415 g/mol. The third-order valence-electron chi connectivity index (χ3n) is 4.75. The van der Waals surface area contributed by atoms with Crippen molar-refractivity contribution in [3.63, 3.8) is 0 Å². The van der Waals surface area contributed by atoms with Gasteiger partial charge in [0.05, 0.1) is 13.7 Å². The minimum atomic E-state index is -3.56. The summed E-state index contributed by atoms with van der Waals surface area (Å²) < 4.78 is 45.1. The van der Waals surface area contributed by atoms with Crippen LogP contribution >= 0.6 is 0 Å². The Kier molecular flexibility index (Phi) is 8.09. The van der Waals surface area contributed by atoms with Gasteiger partial charge in [-0.2, -0.15) is 17.4 Å². The lowest BCUT2D eigenvalue weighted by atomic mass is 10.0. The number of ether oxygens (including phenoxy) is 3. The van der Waals surface area contributed by atoms with Crippen LogP contribution in [0, 0.1) is 5.92 Å². The maximum Gasteiger partial charge on any atom is 0.344 e. The van der Waals surface area contributed by atoms with E-state index in [2.05, 4.69) is 11.6 Å². The molecule has 0 amide bonds. The molecule has 0 bridgehead atoms. The zero-order valence-electron chi connectivity index (χ0n) is 16.9. The molecule has 28 heavy (non-hydrogen) atoms. The molecule has 158 valence electrons. The zero-order valence-corrected chi connectivity index (χ0v) is 17.8. The molecule has 1 aromatic rings. The molecule has 1 saturated heterocycles. The van der Waals surface area contributed by atoms with Crippen molar-refractivity contribution in [1.29, 1.82) is 0 Å². The Morgan fingerprint density at radius 1 is 1.29 bits per heavy atom. The second-order valence-electron chi connectivity index (χ2n) is 6.93. The lowest BCUT2D eigenvalue weighted by Gasteiger charge is -2.30. The first kappa shape index (κ1) is 22.4. The minimum absolute atomic E-state index is 0.223. The first-order valence-corrected chi connectivity index (χ1v) is 10.9. The van der Waals surface area contributed by atoms with E-state index in [9.17, 15) is 13.2 Å². The monoisotopic (exact) mass is 414 g/mol. The lowest BCUT2D eigenvalue weighted by Crippen LogP contribution is -2.45. The molecule has 8 nitrogen and oxygen atoms in total. The van der Waals surface area contributed by atoms with E-state index in [1.165, 1.54) is 11.4 Å². The molecule has 0 saturated carbocycles. The van der Waals surface area contributed by atoms with Crippen LogP contribution < -0.4 is 14.2 Å². The number of carbonyl (C=O) groups is 1. The maximum absolute atomic E-state index is 12.6. The Bertz CT molecular complexity index is 760. The van der Waals surface area contributed by atoms with Gasteiger partial charge in [-0.3, -0.25) is 0 Å². The van der Waals surface area contributed by atoms with Crippen LogP contribution in [-0.4, -0.2) is 52.1 Å². The third kappa shape index (κ3) is 6.08. The molecule has 1 aromatic carbocycles. The molecule has 1 heterocycles. The van der Waals surface area contributed by atoms with Gasteiger partial charge in [-0.1, -0.05) is 13.0 Å². The smallest absolute Gasteiger partial charge is 0.344 e. The first-order chi connectivity index (χ1) is 13.3. The van der Waals surface area contributed by atoms with Crippen molar-refractivity contribution in [2.75, 3.05) is 33.4 Å². The number of piperidine rings is 1. The van der Waals surface area contributed by atoms with E-state index in [1.807, 2.05) is 0 Å². The summed E-state index contributed by atoms with van der Waals surface area (Å²) in [6.07, 6.45) is 1.74. The Morgan fingerprint density at radius 2 is 1.96 bits per heavy atom. The highest BCUT2D eigenvalue weighted by molar-refractivity contribution is 7.87. The molecule has 2 rings (SSSR count). The topological polar surface area (TPSA) is 94.2 Å². The Labute approximate surface area is 167 Å². The van der Waals surface area contributed by atoms with Gasteiger partial charge in [-0.05, 0) is 50.3 Å². The molecular formula is C19H30N2O6S. The van der Waals surface area contributed by atoms with Gasteiger partial charge < -0.3 is 14.2 Å². The van der Waals surface area contributed by atoms with Gasteiger partial charge in [0.15, 0.2) is 18.1 Å². The van der Waals surface area contributed by atoms with E-state index < -0.39 is 22.2 Å². The van der Waals surface area contributed by atoms with Crippen LogP contribution in [0.5, 0.6) is 11.5 Å². The summed E-state index contributed by atoms with van der Waals surface area (Å²) in [7, 11) is -2.08. The fourth-order valence-corrected chi connectivity index (χ4v) is 4.43. The molecule has 1 fully saturated rings. The van der Waals surface area contributed by atoms with Crippen LogP contribution in [0.3, 0.4) is 0 Å². The Hall–Kier alpha value is -1.84. The number of carbonyl (C=O) groups excluding carboxylic acids is 1. The number of hydrogen-bond acceptors (Lipinski definition) is 6. The number of rotatable bonds is 9. The van der Waals surface area contributed by atoms with Crippen molar-refractivity contribution in [2.45, 2.75) is 39.7 Å². The fourth-order valence-electron chi connectivity index (χ4n) is 3.00. The highest BCUT2D eigenvalue weighted by atomic mass is 32.2. The van der Waals surface area contributed by atoms with Crippen LogP contribution in [0.25, 0.3) is 0 Å². The Morgan fingerprint density at radius 3 is 2.57 bits per heavy atom. The van der Waals surface area contributed by atoms with Crippen molar-refractivity contribution in [1.82, 2.24) is 9.03 Å². The van der Waals surface area contributed by atoms with Gasteiger partial charge in [0.2, 0.25) is 0 Å². The number of hydrogen-bond donors (Lipinski definition) is 1. The maximum atomic E-state index is 12.6. The van der Waals surface area contributed by atoms with Crippen LogP contribution in [0.15, 0.2) is 18.2 Å². The van der Waals surface area contributed by atoms with Crippen molar-refractivity contribution >= 4 is 16.2 Å². The molecule has 1 N–H and O–H groups in total. The molecule has 1 aliphatic rings. The van der Waals surface area contributed by atoms with Crippen LogP contribution in [0.2, 0.25) is 0 Å². The summed E-state index contributed by atoms with van der Waals surface area (Å²) in [6.45, 7) is 6.77. The molecule has 0 radical (unpaired) electrons. The summed E-state index contributed by atoms with van der Waals surface area (Å²) in [4.78, 5) is 11.4. The molecule has 1 atom stereocenters. The quantitative estimate of drug-likeness (QED) is 0.623. The van der Waals surface area contributed by atoms with Crippen molar-refractivity contribution in [2.24, 2.45) is 5.92 Å². The zero-order chi connectivity index (χ0) is 20.7.